The van der Waals surface area contributed by atoms with Crippen molar-refractivity contribution in [1.29, 1.82) is 0 Å². The Morgan fingerprint density at radius 1 is 1.22 bits per heavy atom. The molecule has 4 aliphatic rings. The van der Waals surface area contributed by atoms with Gasteiger partial charge < -0.3 is 24.7 Å². The van der Waals surface area contributed by atoms with Crippen LogP contribution in [-0.4, -0.2) is 74.5 Å². The highest BCUT2D eigenvalue weighted by Crippen LogP contribution is 2.56. The molecule has 5 atom stereocenters. The molecule has 3 amide bonds. The molecule has 0 aromatic carbocycles. The number of pyridine rings is 1. The normalized spacial score (nSPS) is 30.5. The van der Waals surface area contributed by atoms with Gasteiger partial charge in [-0.05, 0) is 77.3 Å². The van der Waals surface area contributed by atoms with E-state index in [0.717, 1.165) is 37.7 Å². The zero-order valence-electron chi connectivity index (χ0n) is 21.6. The maximum absolute atomic E-state index is 14.1. The van der Waals surface area contributed by atoms with Crippen molar-refractivity contribution in [2.75, 3.05) is 6.54 Å². The van der Waals surface area contributed by atoms with E-state index in [4.69, 9.17) is 22.9 Å². The first-order valence-electron chi connectivity index (χ1n) is 13.1. The van der Waals surface area contributed by atoms with Crippen LogP contribution in [-0.2, 0) is 14.3 Å². The van der Waals surface area contributed by atoms with Gasteiger partial charge in [-0.15, -0.1) is 0 Å². The van der Waals surface area contributed by atoms with Gasteiger partial charge >= 0.3 is 6.09 Å². The Balaban J connectivity index is 1.37. The molecule has 3 aliphatic heterocycles. The molecule has 4 heterocycles. The molecular formula is C27H34ClN5O4. The summed E-state index contributed by atoms with van der Waals surface area (Å²) in [5, 5.41) is 3.26. The Morgan fingerprint density at radius 3 is 2.62 bits per heavy atom. The van der Waals surface area contributed by atoms with Gasteiger partial charge in [0.05, 0.1) is 10.9 Å². The highest BCUT2D eigenvalue weighted by atomic mass is 35.5. The summed E-state index contributed by atoms with van der Waals surface area (Å²) in [4.78, 5) is 52.0. The number of halogens is 1. The van der Waals surface area contributed by atoms with E-state index in [9.17, 15) is 14.4 Å². The molecule has 1 saturated carbocycles. The Hall–Kier alpha value is -2.86. The van der Waals surface area contributed by atoms with Crippen molar-refractivity contribution in [3.05, 3.63) is 40.5 Å². The zero-order valence-corrected chi connectivity index (χ0v) is 22.3. The summed E-state index contributed by atoms with van der Waals surface area (Å²) in [5.41, 5.74) is -0.297. The SMILES string of the molecule is [C-]#[N+][C@@H]1C(c2cncc(Cl)c2)CN(C(=O)[C@@H]2CC[C@@H]3CCC[C@H](NC(=O)OC(C)(C)C)C(=O)N32)C12CC2. The van der Waals surface area contributed by atoms with Crippen LogP contribution in [0.2, 0.25) is 5.02 Å². The number of fused-ring (bicyclic) bond motifs is 1. The molecule has 37 heavy (non-hydrogen) atoms. The summed E-state index contributed by atoms with van der Waals surface area (Å²) < 4.78 is 5.38. The molecule has 9 nitrogen and oxygen atoms in total. The predicted octanol–water partition coefficient (Wildman–Crippen LogP) is 3.92. The van der Waals surface area contributed by atoms with E-state index in [0.29, 0.717) is 24.4 Å². The molecule has 5 rings (SSSR count). The highest BCUT2D eigenvalue weighted by Gasteiger charge is 2.68. The van der Waals surface area contributed by atoms with Crippen LogP contribution in [0.3, 0.4) is 0 Å². The minimum absolute atomic E-state index is 0.0192. The topological polar surface area (TPSA) is 96.2 Å². The van der Waals surface area contributed by atoms with E-state index in [1.165, 1.54) is 0 Å². The molecule has 3 saturated heterocycles. The van der Waals surface area contributed by atoms with Gasteiger partial charge in [0.1, 0.15) is 23.2 Å². The summed E-state index contributed by atoms with van der Waals surface area (Å²) in [6.45, 7) is 13.7. The Kier molecular flexibility index (Phi) is 6.59. The fraction of sp³-hybridized carbons (Fsp3) is 0.667. The predicted molar refractivity (Wildman–Crippen MR) is 137 cm³/mol. The van der Waals surface area contributed by atoms with E-state index in [2.05, 4.69) is 15.1 Å². The number of hydrogen-bond donors (Lipinski definition) is 1. The summed E-state index contributed by atoms with van der Waals surface area (Å²) in [7, 11) is 0. The van der Waals surface area contributed by atoms with Gasteiger partial charge in [0.2, 0.25) is 11.8 Å². The van der Waals surface area contributed by atoms with Crippen molar-refractivity contribution in [2.24, 2.45) is 0 Å². The monoisotopic (exact) mass is 527 g/mol. The van der Waals surface area contributed by atoms with Crippen molar-refractivity contribution >= 4 is 29.5 Å². The minimum Gasteiger partial charge on any atom is -0.444 e. The van der Waals surface area contributed by atoms with E-state index >= 15 is 0 Å². The Bertz CT molecular complexity index is 1140. The van der Waals surface area contributed by atoms with Crippen molar-refractivity contribution in [2.45, 2.75) is 107 Å². The second kappa shape index (κ2) is 9.46. The Labute approximate surface area is 222 Å². The lowest BCUT2D eigenvalue weighted by molar-refractivity contribution is -0.147. The maximum Gasteiger partial charge on any atom is 0.408 e. The fourth-order valence-electron chi connectivity index (χ4n) is 6.51. The lowest BCUT2D eigenvalue weighted by atomic mass is 9.92. The van der Waals surface area contributed by atoms with Crippen molar-refractivity contribution < 1.29 is 19.1 Å². The highest BCUT2D eigenvalue weighted by molar-refractivity contribution is 6.30. The van der Waals surface area contributed by atoms with Crippen LogP contribution in [0.25, 0.3) is 4.85 Å². The summed E-state index contributed by atoms with van der Waals surface area (Å²) in [6.07, 6.45) is 7.68. The van der Waals surface area contributed by atoms with E-state index in [1.54, 1.807) is 38.1 Å². The number of carbonyl (C=O) groups is 3. The van der Waals surface area contributed by atoms with E-state index in [-0.39, 0.29) is 29.8 Å². The van der Waals surface area contributed by atoms with Crippen LogP contribution >= 0.6 is 11.6 Å². The first kappa shape index (κ1) is 25.8. The summed E-state index contributed by atoms with van der Waals surface area (Å²) in [5.74, 6) is -0.475. The molecule has 1 aromatic heterocycles. The van der Waals surface area contributed by atoms with Gasteiger partial charge in [-0.25, -0.2) is 11.4 Å². The smallest absolute Gasteiger partial charge is 0.408 e. The molecule has 10 heteroatoms. The first-order chi connectivity index (χ1) is 17.5. The standard InChI is InChI=1S/C27H34ClN5O4/c1-26(2,3)37-25(36)31-20-7-5-6-18-8-9-21(33(18)23(20)34)24(35)32-15-19(16-12-17(28)14-30-13-16)22(29-4)27(32)10-11-27/h12-14,18-22H,5-11,15H2,1-3H3,(H,31,36)/t18-,19?,20-,21-,22+/m0/s1. The quantitative estimate of drug-likeness (QED) is 0.601. The number of ether oxygens (including phenoxy) is 1. The molecule has 198 valence electrons. The van der Waals surface area contributed by atoms with Crippen LogP contribution < -0.4 is 5.32 Å². The number of amides is 3. The fourth-order valence-corrected chi connectivity index (χ4v) is 6.69. The number of carbonyl (C=O) groups excluding carboxylic acids is 3. The Morgan fingerprint density at radius 2 is 1.97 bits per heavy atom. The van der Waals surface area contributed by atoms with Gasteiger partial charge in [0.15, 0.2) is 0 Å². The molecule has 1 aromatic rings. The van der Waals surface area contributed by atoms with Crippen LogP contribution in [0, 0.1) is 6.57 Å². The lowest BCUT2D eigenvalue weighted by Gasteiger charge is -2.34. The molecule has 1 N–H and O–H groups in total. The zero-order chi connectivity index (χ0) is 26.5. The number of nitrogens with one attached hydrogen (secondary N) is 1. The van der Waals surface area contributed by atoms with E-state index < -0.39 is 29.3 Å². The third kappa shape index (κ3) is 4.76. The first-order valence-corrected chi connectivity index (χ1v) is 13.5. The largest absolute Gasteiger partial charge is 0.444 e. The van der Waals surface area contributed by atoms with Crippen molar-refractivity contribution in [1.82, 2.24) is 20.1 Å². The van der Waals surface area contributed by atoms with Crippen molar-refractivity contribution in [3.8, 4) is 0 Å². The molecule has 1 aliphatic carbocycles. The number of likely N-dealkylation sites (tertiary alicyclic amines) is 1. The average Bonchev–Trinajstić information content (AvgIpc) is 3.42. The molecule has 0 radical (unpaired) electrons. The van der Waals surface area contributed by atoms with Gasteiger partial charge in [-0.1, -0.05) is 11.6 Å². The number of hydrogen-bond acceptors (Lipinski definition) is 5. The maximum atomic E-state index is 14.1. The molecule has 4 fully saturated rings. The number of aromatic nitrogens is 1. The minimum atomic E-state index is -0.719. The summed E-state index contributed by atoms with van der Waals surface area (Å²) >= 11 is 6.19. The van der Waals surface area contributed by atoms with Gasteiger partial charge in [0.25, 0.3) is 6.04 Å². The van der Waals surface area contributed by atoms with Crippen LogP contribution in [0.1, 0.15) is 77.2 Å². The average molecular weight is 528 g/mol. The third-order valence-electron chi connectivity index (χ3n) is 8.23. The molecular weight excluding hydrogens is 494 g/mol. The van der Waals surface area contributed by atoms with E-state index in [1.807, 2.05) is 11.0 Å². The number of nitrogens with zero attached hydrogens (tertiary/aromatic N) is 4. The van der Waals surface area contributed by atoms with Crippen LogP contribution in [0.5, 0.6) is 0 Å². The molecule has 1 unspecified atom stereocenters. The van der Waals surface area contributed by atoms with Crippen LogP contribution in [0.4, 0.5) is 4.79 Å². The number of rotatable bonds is 3. The lowest BCUT2D eigenvalue weighted by Crippen LogP contribution is -2.56. The van der Waals surface area contributed by atoms with Crippen molar-refractivity contribution in [3.63, 3.8) is 0 Å². The second-order valence-electron chi connectivity index (χ2n) is 11.8. The number of alkyl carbamates (subject to hydrolysis) is 1. The summed E-state index contributed by atoms with van der Waals surface area (Å²) in [6, 6.07) is 0.143. The van der Waals surface area contributed by atoms with Gasteiger partial charge in [-0.3, -0.25) is 14.6 Å². The second-order valence-corrected chi connectivity index (χ2v) is 12.2. The van der Waals surface area contributed by atoms with Crippen LogP contribution in [0.15, 0.2) is 18.5 Å². The molecule has 0 bridgehead atoms. The third-order valence-corrected chi connectivity index (χ3v) is 8.44. The van der Waals surface area contributed by atoms with Gasteiger partial charge in [-0.2, -0.15) is 0 Å². The van der Waals surface area contributed by atoms with Gasteiger partial charge in [0, 0.05) is 25.0 Å². The molecule has 1 spiro atoms.